The van der Waals surface area contributed by atoms with E-state index < -0.39 is 10.8 Å². The van der Waals surface area contributed by atoms with Crippen LogP contribution in [0.2, 0.25) is 0 Å². The minimum atomic E-state index is -0.516. The first kappa shape index (κ1) is 22.1. The average Bonchev–Trinajstić information content (AvgIpc) is 3.49. The summed E-state index contributed by atoms with van der Waals surface area (Å²) in [6.07, 6.45) is 0. The number of rotatable bonds is 8. The molecule has 0 aliphatic rings. The molecule has 0 aliphatic heterocycles. The maximum absolute atomic E-state index is 12.4. The van der Waals surface area contributed by atoms with Gasteiger partial charge in [-0.2, -0.15) is 0 Å². The first-order valence-corrected chi connectivity index (χ1v) is 11.1. The highest BCUT2D eigenvalue weighted by molar-refractivity contribution is 8.01. The molecule has 0 saturated carbocycles. The van der Waals surface area contributed by atoms with Gasteiger partial charge in [-0.1, -0.05) is 58.6 Å². The predicted molar refractivity (Wildman–Crippen MR) is 122 cm³/mol. The van der Waals surface area contributed by atoms with Crippen LogP contribution in [0, 0.1) is 10.1 Å². The predicted octanol–water partition coefficient (Wildman–Crippen LogP) is 4.08. The molecule has 2 N–H and O–H groups in total. The first-order chi connectivity index (χ1) is 16.0. The van der Waals surface area contributed by atoms with Crippen LogP contribution in [-0.2, 0) is 4.79 Å². The maximum atomic E-state index is 12.4. The summed E-state index contributed by atoms with van der Waals surface area (Å²) in [6, 6.07) is 16.3. The number of benzene rings is 2. The lowest BCUT2D eigenvalue weighted by atomic mass is 10.1. The molecule has 33 heavy (non-hydrogen) atoms. The molecular weight excluding hydrogens is 468 g/mol. The summed E-state index contributed by atoms with van der Waals surface area (Å²) in [5.41, 5.74) is 1.28. The molecule has 4 rings (SSSR count). The topological polar surface area (TPSA) is 153 Å². The summed E-state index contributed by atoms with van der Waals surface area (Å²) in [6.45, 7) is 0. The quantitative estimate of drug-likeness (QED) is 0.164. The van der Waals surface area contributed by atoms with Gasteiger partial charge in [-0.15, -0.1) is 10.2 Å². The zero-order chi connectivity index (χ0) is 23.2. The number of thioether (sulfide) groups is 1. The van der Waals surface area contributed by atoms with Crippen LogP contribution in [0.3, 0.4) is 0 Å². The first-order valence-electron chi connectivity index (χ1n) is 9.32. The number of amides is 2. The van der Waals surface area contributed by atoms with E-state index in [0.29, 0.717) is 15.8 Å². The fraction of sp³-hybridized carbons (Fsp3) is 0.0500. The van der Waals surface area contributed by atoms with Gasteiger partial charge in [0, 0.05) is 29.4 Å². The molecule has 2 heterocycles. The van der Waals surface area contributed by atoms with Crippen LogP contribution in [0.4, 0.5) is 16.5 Å². The van der Waals surface area contributed by atoms with E-state index >= 15 is 0 Å². The number of nitrogens with one attached hydrogen (secondary N) is 2. The van der Waals surface area contributed by atoms with Crippen molar-refractivity contribution in [2.24, 2.45) is 0 Å². The summed E-state index contributed by atoms with van der Waals surface area (Å²) >= 11 is 2.25. The van der Waals surface area contributed by atoms with Crippen molar-refractivity contribution in [3.05, 3.63) is 76.5 Å². The van der Waals surface area contributed by atoms with Crippen LogP contribution in [0.1, 0.15) is 10.5 Å². The standard InChI is InChI=1S/C20H14N6O5S2/c27-17(21-13-6-8-14(9-7-13)26(29)30)11-32-20-24-23-19(33-20)22-18(28)15-10-16(31-25-15)12-4-2-1-3-5-12/h1-10H,11H2,(H,21,27)(H,22,23,28). The van der Waals surface area contributed by atoms with Gasteiger partial charge < -0.3 is 9.84 Å². The number of anilines is 2. The highest BCUT2D eigenvalue weighted by Gasteiger charge is 2.16. The number of nitro benzene ring substituents is 1. The molecule has 0 atom stereocenters. The van der Waals surface area contributed by atoms with Crippen LogP contribution in [-0.4, -0.2) is 37.8 Å². The van der Waals surface area contributed by atoms with Crippen LogP contribution in [0.5, 0.6) is 0 Å². The summed E-state index contributed by atoms with van der Waals surface area (Å²) in [7, 11) is 0. The Labute approximate surface area is 194 Å². The summed E-state index contributed by atoms with van der Waals surface area (Å²) in [5.74, 6) is -0.299. The van der Waals surface area contributed by atoms with E-state index in [1.807, 2.05) is 30.3 Å². The van der Waals surface area contributed by atoms with Crippen molar-refractivity contribution in [2.45, 2.75) is 4.34 Å². The average molecular weight is 483 g/mol. The second-order valence-electron chi connectivity index (χ2n) is 6.41. The third kappa shape index (κ3) is 5.78. The second kappa shape index (κ2) is 10.0. The van der Waals surface area contributed by atoms with Crippen molar-refractivity contribution >= 4 is 51.4 Å². The van der Waals surface area contributed by atoms with Crippen molar-refractivity contribution < 1.29 is 19.0 Å². The van der Waals surface area contributed by atoms with Gasteiger partial charge in [0.15, 0.2) is 15.8 Å². The van der Waals surface area contributed by atoms with Crippen molar-refractivity contribution in [1.82, 2.24) is 15.4 Å². The van der Waals surface area contributed by atoms with Crippen LogP contribution < -0.4 is 10.6 Å². The Hall–Kier alpha value is -4.10. The number of hydrogen-bond donors (Lipinski definition) is 2. The zero-order valence-corrected chi connectivity index (χ0v) is 18.3. The van der Waals surface area contributed by atoms with Gasteiger partial charge in [0.05, 0.1) is 10.7 Å². The molecule has 0 fully saturated rings. The SMILES string of the molecule is O=C(CSc1nnc(NC(=O)c2cc(-c3ccccc3)on2)s1)Nc1ccc([N+](=O)[O-])cc1. The minimum Gasteiger partial charge on any atom is -0.355 e. The normalized spacial score (nSPS) is 10.5. The molecule has 0 aliphatic carbocycles. The van der Waals surface area contributed by atoms with Crippen molar-refractivity contribution in [3.63, 3.8) is 0 Å². The molecule has 166 valence electrons. The molecule has 2 amide bonds. The smallest absolute Gasteiger partial charge is 0.279 e. The molecule has 11 nitrogen and oxygen atoms in total. The Morgan fingerprint density at radius 3 is 2.55 bits per heavy atom. The van der Waals surface area contributed by atoms with E-state index in [2.05, 4.69) is 26.0 Å². The Morgan fingerprint density at radius 2 is 1.82 bits per heavy atom. The van der Waals surface area contributed by atoms with Crippen molar-refractivity contribution in [2.75, 3.05) is 16.4 Å². The number of nitrogens with zero attached hydrogens (tertiary/aromatic N) is 4. The number of carbonyl (C=O) groups excluding carboxylic acids is 2. The largest absolute Gasteiger partial charge is 0.355 e. The molecule has 0 radical (unpaired) electrons. The fourth-order valence-corrected chi connectivity index (χ4v) is 4.14. The van der Waals surface area contributed by atoms with Crippen molar-refractivity contribution in [3.8, 4) is 11.3 Å². The second-order valence-corrected chi connectivity index (χ2v) is 8.61. The van der Waals surface area contributed by atoms with E-state index in [-0.39, 0.29) is 28.2 Å². The van der Waals surface area contributed by atoms with Gasteiger partial charge in [-0.05, 0) is 12.1 Å². The van der Waals surface area contributed by atoms with E-state index in [4.69, 9.17) is 4.52 Å². The summed E-state index contributed by atoms with van der Waals surface area (Å²) < 4.78 is 5.70. The number of aromatic nitrogens is 3. The zero-order valence-electron chi connectivity index (χ0n) is 16.6. The minimum absolute atomic E-state index is 0.0449. The number of carbonyl (C=O) groups is 2. The summed E-state index contributed by atoms with van der Waals surface area (Å²) in [4.78, 5) is 34.6. The van der Waals surface area contributed by atoms with E-state index in [9.17, 15) is 19.7 Å². The van der Waals surface area contributed by atoms with Crippen LogP contribution >= 0.6 is 23.1 Å². The van der Waals surface area contributed by atoms with Gasteiger partial charge in [0.1, 0.15) is 0 Å². The Bertz CT molecular complexity index is 1290. The maximum Gasteiger partial charge on any atom is 0.279 e. The lowest BCUT2D eigenvalue weighted by Gasteiger charge is -2.03. The molecule has 0 unspecified atom stereocenters. The molecule has 0 saturated heterocycles. The van der Waals surface area contributed by atoms with Crippen molar-refractivity contribution in [1.29, 1.82) is 0 Å². The molecule has 0 spiro atoms. The number of nitro groups is 1. The Kier molecular flexibility index (Phi) is 6.71. The monoisotopic (exact) mass is 482 g/mol. The Morgan fingerprint density at radius 1 is 1.06 bits per heavy atom. The number of non-ortho nitro benzene ring substituents is 1. The molecule has 4 aromatic rings. The highest BCUT2D eigenvalue weighted by atomic mass is 32.2. The molecule has 2 aromatic carbocycles. The van der Waals surface area contributed by atoms with Gasteiger partial charge in [-0.25, -0.2) is 0 Å². The molecule has 0 bridgehead atoms. The van der Waals surface area contributed by atoms with Gasteiger partial charge in [0.25, 0.3) is 11.6 Å². The lowest BCUT2D eigenvalue weighted by Crippen LogP contribution is -2.13. The van der Waals surface area contributed by atoms with Gasteiger partial charge in [-0.3, -0.25) is 25.0 Å². The molecular formula is C20H14N6O5S2. The van der Waals surface area contributed by atoms with E-state index in [1.165, 1.54) is 30.3 Å². The molecule has 2 aromatic heterocycles. The van der Waals surface area contributed by atoms with Crippen LogP contribution in [0.25, 0.3) is 11.3 Å². The molecule has 13 heteroatoms. The van der Waals surface area contributed by atoms with E-state index in [0.717, 1.165) is 28.7 Å². The van der Waals surface area contributed by atoms with Gasteiger partial charge >= 0.3 is 0 Å². The number of hydrogen-bond acceptors (Lipinski definition) is 10. The third-order valence-corrected chi connectivity index (χ3v) is 6.09. The van der Waals surface area contributed by atoms with E-state index in [1.54, 1.807) is 0 Å². The lowest BCUT2D eigenvalue weighted by molar-refractivity contribution is -0.384. The van der Waals surface area contributed by atoms with Gasteiger partial charge in [0.2, 0.25) is 11.0 Å². The Balaban J connectivity index is 1.28. The fourth-order valence-electron chi connectivity index (χ4n) is 2.59. The highest BCUT2D eigenvalue weighted by Crippen LogP contribution is 2.26. The van der Waals surface area contributed by atoms with Crippen LogP contribution in [0.15, 0.2) is 69.5 Å². The summed E-state index contributed by atoms with van der Waals surface area (Å²) in [5, 5.41) is 27.8. The third-order valence-electron chi connectivity index (χ3n) is 4.12.